The number of Topliss-reactive ketones (excluding diaryl/α,β-unsaturated/α-hetero) is 1. The lowest BCUT2D eigenvalue weighted by Gasteiger charge is -2.11. The standard InChI is InChI=1S/C33H22O9/c1-3-31(36)42-41-28-11-9-21-15-24(7-5-23(21)17-28)32(37)39-27-12-13-30(29(18-27)19(2)34)40-33(38)25-6-4-22-16-26(35)10-8-20(22)14-25/h3-18,35H,1H2,2H3. The number of fused-ring (bicyclic) bond motifs is 2. The number of ether oxygens (including phenoxy) is 2. The van der Waals surface area contributed by atoms with E-state index in [2.05, 4.69) is 11.5 Å². The number of hydrogen-bond acceptors (Lipinski definition) is 9. The van der Waals surface area contributed by atoms with Crippen LogP contribution >= 0.6 is 0 Å². The normalized spacial score (nSPS) is 10.6. The van der Waals surface area contributed by atoms with Crippen LogP contribution in [0.15, 0.2) is 104 Å². The molecule has 0 unspecified atom stereocenters. The molecule has 9 nitrogen and oxygen atoms in total. The third-order valence-electron chi connectivity index (χ3n) is 6.24. The molecule has 5 aromatic carbocycles. The van der Waals surface area contributed by atoms with Crippen molar-refractivity contribution in [3.05, 3.63) is 120 Å². The Bertz CT molecular complexity index is 1910. The van der Waals surface area contributed by atoms with E-state index in [9.17, 15) is 24.3 Å². The largest absolute Gasteiger partial charge is 0.508 e. The Labute approximate surface area is 239 Å². The molecule has 1 N–H and O–H groups in total. The molecule has 0 amide bonds. The van der Waals surface area contributed by atoms with Crippen LogP contribution in [0.5, 0.6) is 23.0 Å². The summed E-state index contributed by atoms with van der Waals surface area (Å²) in [6.07, 6.45) is 0.971. The molecule has 0 aromatic heterocycles. The first-order chi connectivity index (χ1) is 20.2. The molecule has 0 saturated heterocycles. The second-order valence-electron chi connectivity index (χ2n) is 9.15. The molecule has 0 saturated carbocycles. The van der Waals surface area contributed by atoms with E-state index in [-0.39, 0.29) is 39.7 Å². The van der Waals surface area contributed by atoms with Gasteiger partial charge in [-0.05, 0) is 95.2 Å². The van der Waals surface area contributed by atoms with Crippen molar-refractivity contribution in [2.24, 2.45) is 0 Å². The summed E-state index contributed by atoms with van der Waals surface area (Å²) in [5.74, 6) is -1.98. The average molecular weight is 563 g/mol. The van der Waals surface area contributed by atoms with E-state index >= 15 is 0 Å². The van der Waals surface area contributed by atoms with Crippen molar-refractivity contribution in [3.63, 3.8) is 0 Å². The number of rotatable bonds is 8. The van der Waals surface area contributed by atoms with Gasteiger partial charge in [-0.15, -0.1) is 0 Å². The highest BCUT2D eigenvalue weighted by atomic mass is 17.2. The summed E-state index contributed by atoms with van der Waals surface area (Å²) in [5, 5.41) is 12.5. The predicted molar refractivity (Wildman–Crippen MR) is 153 cm³/mol. The fourth-order valence-corrected chi connectivity index (χ4v) is 4.15. The summed E-state index contributed by atoms with van der Waals surface area (Å²) >= 11 is 0. The van der Waals surface area contributed by atoms with E-state index in [0.29, 0.717) is 10.8 Å². The van der Waals surface area contributed by atoms with Gasteiger partial charge in [0.15, 0.2) is 11.5 Å². The Balaban J connectivity index is 1.31. The molecule has 0 spiro atoms. The number of hydrogen-bond donors (Lipinski definition) is 1. The summed E-state index contributed by atoms with van der Waals surface area (Å²) in [5.41, 5.74) is 0.562. The van der Waals surface area contributed by atoms with Crippen LogP contribution in [0, 0.1) is 0 Å². The number of aromatic hydroxyl groups is 1. The Morgan fingerprint density at radius 2 is 1.24 bits per heavy atom. The van der Waals surface area contributed by atoms with Crippen LogP contribution in [-0.2, 0) is 9.68 Å². The molecule has 5 aromatic rings. The van der Waals surface area contributed by atoms with Crippen LogP contribution in [-0.4, -0.2) is 28.8 Å². The summed E-state index contributed by atoms with van der Waals surface area (Å²) in [6, 6.07) is 23.5. The minimum absolute atomic E-state index is 0.0144. The van der Waals surface area contributed by atoms with Crippen LogP contribution in [0.4, 0.5) is 0 Å². The SMILES string of the molecule is C=CC(=O)OOc1ccc2cc(C(=O)Oc3ccc(OC(=O)c4ccc5cc(O)ccc5c4)c(C(C)=O)c3)ccc2c1. The van der Waals surface area contributed by atoms with Gasteiger partial charge in [-0.1, -0.05) is 30.8 Å². The van der Waals surface area contributed by atoms with Crippen molar-refractivity contribution in [1.29, 1.82) is 0 Å². The van der Waals surface area contributed by atoms with Gasteiger partial charge in [-0.25, -0.2) is 19.3 Å². The van der Waals surface area contributed by atoms with Crippen LogP contribution in [0.1, 0.15) is 38.0 Å². The van der Waals surface area contributed by atoms with E-state index < -0.39 is 23.7 Å². The second-order valence-corrected chi connectivity index (χ2v) is 9.15. The van der Waals surface area contributed by atoms with Gasteiger partial charge in [0.05, 0.1) is 16.7 Å². The highest BCUT2D eigenvalue weighted by Crippen LogP contribution is 2.28. The van der Waals surface area contributed by atoms with Crippen LogP contribution in [0.2, 0.25) is 0 Å². The Morgan fingerprint density at radius 1 is 0.667 bits per heavy atom. The molecule has 0 atom stereocenters. The average Bonchev–Trinajstić information content (AvgIpc) is 2.99. The number of phenolic OH excluding ortho intramolecular Hbond substituents is 1. The summed E-state index contributed by atoms with van der Waals surface area (Å²) in [4.78, 5) is 58.8. The number of ketones is 1. The van der Waals surface area contributed by atoms with Gasteiger partial charge in [-0.2, -0.15) is 0 Å². The molecule has 0 fully saturated rings. The lowest BCUT2D eigenvalue weighted by Crippen LogP contribution is -2.12. The molecule has 0 aliphatic rings. The van der Waals surface area contributed by atoms with E-state index in [1.165, 1.54) is 31.2 Å². The number of phenols is 1. The minimum Gasteiger partial charge on any atom is -0.508 e. The molecule has 208 valence electrons. The second kappa shape index (κ2) is 11.6. The first kappa shape index (κ1) is 27.6. The smallest absolute Gasteiger partial charge is 0.378 e. The highest BCUT2D eigenvalue weighted by molar-refractivity contribution is 6.01. The maximum absolute atomic E-state index is 12.9. The van der Waals surface area contributed by atoms with Crippen molar-refractivity contribution in [1.82, 2.24) is 0 Å². The number of carbonyl (C=O) groups is 4. The molecule has 0 aliphatic carbocycles. The van der Waals surface area contributed by atoms with Crippen molar-refractivity contribution in [3.8, 4) is 23.0 Å². The fraction of sp³-hybridized carbons (Fsp3) is 0.0303. The van der Waals surface area contributed by atoms with Crippen LogP contribution in [0.25, 0.3) is 21.5 Å². The molecular formula is C33H22O9. The molecule has 5 rings (SSSR count). The quantitative estimate of drug-likeness (QED) is 0.0574. The molecule has 0 radical (unpaired) electrons. The first-order valence-corrected chi connectivity index (χ1v) is 12.6. The summed E-state index contributed by atoms with van der Waals surface area (Å²) < 4.78 is 11.0. The van der Waals surface area contributed by atoms with Crippen molar-refractivity contribution >= 4 is 45.2 Å². The third-order valence-corrected chi connectivity index (χ3v) is 6.24. The van der Waals surface area contributed by atoms with E-state index in [1.54, 1.807) is 66.7 Å². The van der Waals surface area contributed by atoms with Gasteiger partial charge in [0.1, 0.15) is 17.2 Å². The fourth-order valence-electron chi connectivity index (χ4n) is 4.15. The van der Waals surface area contributed by atoms with Gasteiger partial charge >= 0.3 is 17.9 Å². The van der Waals surface area contributed by atoms with Gasteiger partial charge in [0, 0.05) is 6.08 Å². The molecule has 0 heterocycles. The highest BCUT2D eigenvalue weighted by Gasteiger charge is 2.18. The number of carbonyl (C=O) groups excluding carboxylic acids is 4. The first-order valence-electron chi connectivity index (χ1n) is 12.6. The maximum atomic E-state index is 12.9. The topological polar surface area (TPSA) is 125 Å². The lowest BCUT2D eigenvalue weighted by molar-refractivity contribution is -0.207. The number of esters is 2. The van der Waals surface area contributed by atoms with Crippen molar-refractivity contribution in [2.45, 2.75) is 6.92 Å². The van der Waals surface area contributed by atoms with Crippen molar-refractivity contribution < 1.29 is 43.5 Å². The summed E-state index contributed by atoms with van der Waals surface area (Å²) in [6.45, 7) is 4.59. The zero-order valence-corrected chi connectivity index (χ0v) is 22.2. The van der Waals surface area contributed by atoms with Crippen LogP contribution < -0.4 is 14.4 Å². The number of benzene rings is 5. The van der Waals surface area contributed by atoms with Gasteiger partial charge in [-0.3, -0.25) is 9.68 Å². The third kappa shape index (κ3) is 6.10. The molecule has 0 aliphatic heterocycles. The predicted octanol–water partition coefficient (Wildman–Crippen LogP) is 6.36. The van der Waals surface area contributed by atoms with E-state index in [4.69, 9.17) is 14.4 Å². The van der Waals surface area contributed by atoms with Crippen molar-refractivity contribution in [2.75, 3.05) is 0 Å². The lowest BCUT2D eigenvalue weighted by atomic mass is 10.1. The summed E-state index contributed by atoms with van der Waals surface area (Å²) in [7, 11) is 0. The monoisotopic (exact) mass is 562 g/mol. The maximum Gasteiger partial charge on any atom is 0.378 e. The van der Waals surface area contributed by atoms with Crippen LogP contribution in [0.3, 0.4) is 0 Å². The molecule has 9 heteroatoms. The Kier molecular flexibility index (Phi) is 7.65. The Morgan fingerprint density at radius 3 is 1.90 bits per heavy atom. The van der Waals surface area contributed by atoms with Gasteiger partial charge in [0.25, 0.3) is 0 Å². The minimum atomic E-state index is -0.736. The molecule has 42 heavy (non-hydrogen) atoms. The molecular weight excluding hydrogens is 540 g/mol. The van der Waals surface area contributed by atoms with Gasteiger partial charge in [0.2, 0.25) is 0 Å². The molecule has 0 bridgehead atoms. The van der Waals surface area contributed by atoms with E-state index in [1.807, 2.05) is 0 Å². The Hall–Kier alpha value is -5.96. The van der Waals surface area contributed by atoms with E-state index in [0.717, 1.165) is 16.8 Å². The zero-order valence-electron chi connectivity index (χ0n) is 22.2. The zero-order chi connectivity index (χ0) is 29.8. The van der Waals surface area contributed by atoms with Gasteiger partial charge < -0.3 is 14.6 Å².